The predicted octanol–water partition coefficient (Wildman–Crippen LogP) is 0.813. The van der Waals surface area contributed by atoms with Gasteiger partial charge >= 0.3 is 0 Å². The number of rotatable bonds is 3. The molecule has 0 fully saturated rings. The molecule has 0 aromatic heterocycles. The van der Waals surface area contributed by atoms with Crippen molar-refractivity contribution in [3.8, 4) is 0 Å². The van der Waals surface area contributed by atoms with E-state index in [0.717, 1.165) is 20.4 Å². The summed E-state index contributed by atoms with van der Waals surface area (Å²) in [6, 6.07) is 0. The van der Waals surface area contributed by atoms with Crippen molar-refractivity contribution in [1.82, 2.24) is 0 Å². The minimum Gasteiger partial charge on any atom is -0.440 e. The highest BCUT2D eigenvalue weighted by molar-refractivity contribution is 6.26. The van der Waals surface area contributed by atoms with Gasteiger partial charge in [-0.25, -0.2) is 0 Å². The first-order valence-electron chi connectivity index (χ1n) is 2.49. The Morgan fingerprint density at radius 1 is 1.50 bits per heavy atom. The number of hydrogen-bond acceptors (Lipinski definition) is 1. The van der Waals surface area contributed by atoms with Gasteiger partial charge in [-0.15, -0.1) is 0 Å². The summed E-state index contributed by atoms with van der Waals surface area (Å²) in [7, 11) is 0.913. The van der Waals surface area contributed by atoms with Gasteiger partial charge in [-0.05, 0) is 6.92 Å². The SMILES string of the molecule is CCBOCC. The second kappa shape index (κ2) is 5.02. The Labute approximate surface area is 40.0 Å². The Morgan fingerprint density at radius 3 is 2.33 bits per heavy atom. The Kier molecular flexibility index (Phi) is 5.05. The molecule has 0 saturated heterocycles. The molecule has 0 radical (unpaired) electrons. The zero-order valence-electron chi connectivity index (χ0n) is 4.53. The van der Waals surface area contributed by atoms with Crippen LogP contribution in [0.5, 0.6) is 0 Å². The normalized spacial score (nSPS) is 8.33. The van der Waals surface area contributed by atoms with Gasteiger partial charge in [0, 0.05) is 6.61 Å². The van der Waals surface area contributed by atoms with Gasteiger partial charge in [0.05, 0.1) is 0 Å². The topological polar surface area (TPSA) is 9.23 Å². The second-order valence-electron chi connectivity index (χ2n) is 1.20. The van der Waals surface area contributed by atoms with E-state index >= 15 is 0 Å². The van der Waals surface area contributed by atoms with E-state index in [-0.39, 0.29) is 0 Å². The first-order valence-corrected chi connectivity index (χ1v) is 2.49. The van der Waals surface area contributed by atoms with Crippen LogP contribution >= 0.6 is 0 Å². The average molecular weight is 85.9 g/mol. The third-order valence-electron chi connectivity index (χ3n) is 0.553. The quantitative estimate of drug-likeness (QED) is 0.364. The highest BCUT2D eigenvalue weighted by atomic mass is 16.4. The lowest BCUT2D eigenvalue weighted by Gasteiger charge is -1.89. The van der Waals surface area contributed by atoms with Crippen LogP contribution < -0.4 is 0 Å². The molecule has 0 aromatic carbocycles. The summed E-state index contributed by atoms with van der Waals surface area (Å²) in [5.74, 6) is 0. The van der Waals surface area contributed by atoms with E-state index < -0.39 is 0 Å². The lowest BCUT2D eigenvalue weighted by Crippen LogP contribution is -1.93. The molecule has 0 bridgehead atoms. The highest BCUT2D eigenvalue weighted by Gasteiger charge is 1.78. The van der Waals surface area contributed by atoms with Crippen molar-refractivity contribution >= 4 is 7.48 Å². The van der Waals surface area contributed by atoms with Crippen molar-refractivity contribution in [3.63, 3.8) is 0 Å². The third kappa shape index (κ3) is 4.02. The van der Waals surface area contributed by atoms with Crippen LogP contribution in [0.15, 0.2) is 0 Å². The van der Waals surface area contributed by atoms with Crippen LogP contribution in [0.1, 0.15) is 13.8 Å². The second-order valence-corrected chi connectivity index (χ2v) is 1.20. The monoisotopic (exact) mass is 86.1 g/mol. The van der Waals surface area contributed by atoms with Crippen LogP contribution in [0.2, 0.25) is 6.32 Å². The smallest absolute Gasteiger partial charge is 0.274 e. The minimum absolute atomic E-state index is 0.855. The van der Waals surface area contributed by atoms with Gasteiger partial charge in [0.25, 0.3) is 7.48 Å². The fourth-order valence-corrected chi connectivity index (χ4v) is 0.289. The Balaban J connectivity index is 2.34. The van der Waals surface area contributed by atoms with E-state index in [2.05, 4.69) is 6.92 Å². The Bertz CT molecular complexity index is 19.5. The average Bonchev–Trinajstić information content (AvgIpc) is 1.61. The van der Waals surface area contributed by atoms with Crippen LogP contribution in [0.4, 0.5) is 0 Å². The minimum atomic E-state index is 0.855. The van der Waals surface area contributed by atoms with E-state index in [1.807, 2.05) is 6.92 Å². The third-order valence-corrected chi connectivity index (χ3v) is 0.553. The van der Waals surface area contributed by atoms with Crippen LogP contribution in [0.25, 0.3) is 0 Å². The maximum absolute atomic E-state index is 4.98. The van der Waals surface area contributed by atoms with Crippen molar-refractivity contribution in [3.05, 3.63) is 0 Å². The van der Waals surface area contributed by atoms with Crippen LogP contribution in [-0.4, -0.2) is 14.1 Å². The van der Waals surface area contributed by atoms with Gasteiger partial charge in [0.2, 0.25) is 0 Å². The fraction of sp³-hybridized carbons (Fsp3) is 1.00. The molecule has 0 rings (SSSR count). The lowest BCUT2D eigenvalue weighted by atomic mass is 9.98. The van der Waals surface area contributed by atoms with E-state index in [1.54, 1.807) is 0 Å². The molecule has 0 aliphatic rings. The van der Waals surface area contributed by atoms with Gasteiger partial charge < -0.3 is 4.65 Å². The molecule has 0 atom stereocenters. The summed E-state index contributed by atoms with van der Waals surface area (Å²) < 4.78 is 4.98. The van der Waals surface area contributed by atoms with Gasteiger partial charge in [0.1, 0.15) is 0 Å². The van der Waals surface area contributed by atoms with E-state index in [9.17, 15) is 0 Å². The van der Waals surface area contributed by atoms with Crippen molar-refractivity contribution in [2.45, 2.75) is 20.2 Å². The summed E-state index contributed by atoms with van der Waals surface area (Å²) in [4.78, 5) is 0. The largest absolute Gasteiger partial charge is 0.440 e. The molecule has 0 saturated carbocycles. The molecule has 6 heavy (non-hydrogen) atoms. The van der Waals surface area contributed by atoms with Crippen molar-refractivity contribution < 1.29 is 4.65 Å². The Hall–Kier alpha value is 0.0249. The molecule has 2 heteroatoms. The Morgan fingerprint density at radius 2 is 2.17 bits per heavy atom. The first-order chi connectivity index (χ1) is 2.91. The fourth-order valence-electron chi connectivity index (χ4n) is 0.289. The first kappa shape index (κ1) is 6.02. The maximum atomic E-state index is 4.98. The molecule has 0 heterocycles. The highest BCUT2D eigenvalue weighted by Crippen LogP contribution is 1.73. The summed E-state index contributed by atoms with van der Waals surface area (Å²) in [6.45, 7) is 4.97. The van der Waals surface area contributed by atoms with Crippen LogP contribution in [0.3, 0.4) is 0 Å². The van der Waals surface area contributed by atoms with E-state index in [0.29, 0.717) is 0 Å². The number of hydrogen-bond donors (Lipinski definition) is 0. The molecular weight excluding hydrogens is 74.9 g/mol. The summed E-state index contributed by atoms with van der Waals surface area (Å²) in [5, 5.41) is 0. The van der Waals surface area contributed by atoms with Crippen LogP contribution in [-0.2, 0) is 4.65 Å². The molecule has 0 aromatic rings. The summed E-state index contributed by atoms with van der Waals surface area (Å²) in [6.07, 6.45) is 1.13. The molecule has 0 N–H and O–H groups in total. The maximum Gasteiger partial charge on any atom is 0.274 e. The molecule has 0 unspecified atom stereocenters. The zero-order valence-corrected chi connectivity index (χ0v) is 4.53. The standard InChI is InChI=1S/C4H11BO/c1-3-5-6-4-2/h5H,3-4H2,1-2H3. The molecule has 36 valence electrons. The molecule has 1 nitrogen and oxygen atoms in total. The van der Waals surface area contributed by atoms with E-state index in [4.69, 9.17) is 4.65 Å². The van der Waals surface area contributed by atoms with E-state index in [1.165, 1.54) is 0 Å². The molecule has 0 aliphatic carbocycles. The van der Waals surface area contributed by atoms with Crippen molar-refractivity contribution in [2.75, 3.05) is 6.61 Å². The van der Waals surface area contributed by atoms with Gasteiger partial charge in [-0.2, -0.15) is 0 Å². The molecule has 0 spiro atoms. The van der Waals surface area contributed by atoms with Gasteiger partial charge in [0.15, 0.2) is 0 Å². The van der Waals surface area contributed by atoms with Crippen molar-refractivity contribution in [1.29, 1.82) is 0 Å². The predicted molar refractivity (Wildman–Crippen MR) is 29.3 cm³/mol. The summed E-state index contributed by atoms with van der Waals surface area (Å²) in [5.41, 5.74) is 0. The molecule has 0 aliphatic heterocycles. The molecular formula is C4H11BO. The van der Waals surface area contributed by atoms with Crippen molar-refractivity contribution in [2.24, 2.45) is 0 Å². The van der Waals surface area contributed by atoms with Gasteiger partial charge in [-0.3, -0.25) is 0 Å². The van der Waals surface area contributed by atoms with Crippen LogP contribution in [0, 0.1) is 0 Å². The zero-order chi connectivity index (χ0) is 4.83. The summed E-state index contributed by atoms with van der Waals surface area (Å²) >= 11 is 0. The molecule has 0 amide bonds. The van der Waals surface area contributed by atoms with Gasteiger partial charge in [-0.1, -0.05) is 13.2 Å². The lowest BCUT2D eigenvalue weighted by molar-refractivity contribution is 0.361.